The minimum absolute atomic E-state index is 0.0104. The highest BCUT2D eigenvalue weighted by molar-refractivity contribution is 5.99. The lowest BCUT2D eigenvalue weighted by Gasteiger charge is -2.31. The summed E-state index contributed by atoms with van der Waals surface area (Å²) in [4.78, 5) is 0. The summed E-state index contributed by atoms with van der Waals surface area (Å²) in [5, 5.41) is 15.3. The molecule has 0 aliphatic heterocycles. The molecule has 0 fully saturated rings. The largest absolute Gasteiger partial charge is 0.507 e. The molecule has 196 valence electrons. The van der Waals surface area contributed by atoms with E-state index in [2.05, 4.69) is 39.8 Å². The molecule has 4 heteroatoms. The average Bonchev–Trinajstić information content (AvgIpc) is 2.88. The number of fused-ring (bicyclic) bond motifs is 4. The summed E-state index contributed by atoms with van der Waals surface area (Å²) in [5.41, 5.74) is 4.14. The van der Waals surface area contributed by atoms with Gasteiger partial charge in [0.15, 0.2) is 0 Å². The Balaban J connectivity index is 0.00000156. The summed E-state index contributed by atoms with van der Waals surface area (Å²) < 4.78 is 19.4. The summed E-state index contributed by atoms with van der Waals surface area (Å²) in [6, 6.07) is 16.2. The Kier molecular flexibility index (Phi) is 7.87. The highest BCUT2D eigenvalue weighted by Crippen LogP contribution is 2.51. The molecule has 1 N–H and O–H groups in total. The van der Waals surface area contributed by atoms with E-state index in [4.69, 9.17) is 14.2 Å². The monoisotopic (exact) mass is 500 g/mol. The van der Waals surface area contributed by atoms with Crippen molar-refractivity contribution in [1.82, 2.24) is 0 Å². The molecule has 0 spiro atoms. The fourth-order valence-electron chi connectivity index (χ4n) is 5.19. The molecule has 1 aliphatic carbocycles. The van der Waals surface area contributed by atoms with Crippen LogP contribution in [0.4, 0.5) is 0 Å². The Morgan fingerprint density at radius 2 is 0.811 bits per heavy atom. The number of phenolic OH excluding ortho intramolecular Hbond substituents is 1. The predicted octanol–water partition coefficient (Wildman–Crippen LogP) is 8.58. The van der Waals surface area contributed by atoms with Gasteiger partial charge in [-0.3, -0.25) is 0 Å². The predicted molar refractivity (Wildman–Crippen MR) is 154 cm³/mol. The minimum Gasteiger partial charge on any atom is -0.507 e. The molecular weight excluding hydrogens is 460 g/mol. The fourth-order valence-corrected chi connectivity index (χ4v) is 5.19. The number of benzene rings is 4. The lowest BCUT2D eigenvalue weighted by atomic mass is 9.80. The first-order valence-electron chi connectivity index (χ1n) is 13.6. The maximum Gasteiger partial charge on any atom is 0.131 e. The molecule has 0 saturated carbocycles. The van der Waals surface area contributed by atoms with Gasteiger partial charge in [-0.2, -0.15) is 0 Å². The van der Waals surface area contributed by atoms with Crippen molar-refractivity contribution < 1.29 is 19.3 Å². The molecule has 0 aromatic heterocycles. The number of ether oxygens (including phenoxy) is 3. The van der Waals surface area contributed by atoms with Crippen LogP contribution in [0.5, 0.6) is 23.0 Å². The van der Waals surface area contributed by atoms with Gasteiger partial charge in [-0.15, -0.1) is 0 Å². The van der Waals surface area contributed by atoms with Crippen LogP contribution in [0.25, 0.3) is 21.5 Å². The van der Waals surface area contributed by atoms with Gasteiger partial charge < -0.3 is 19.3 Å². The molecule has 4 aromatic carbocycles. The molecule has 37 heavy (non-hydrogen) atoms. The van der Waals surface area contributed by atoms with Crippen molar-refractivity contribution in [3.05, 3.63) is 70.8 Å². The Labute approximate surface area is 221 Å². The molecule has 0 amide bonds. The van der Waals surface area contributed by atoms with Crippen molar-refractivity contribution in [2.75, 3.05) is 0 Å². The van der Waals surface area contributed by atoms with E-state index < -0.39 is 0 Å². The zero-order valence-electron chi connectivity index (χ0n) is 23.4. The molecule has 4 nitrogen and oxygen atoms in total. The van der Waals surface area contributed by atoms with Gasteiger partial charge in [0.1, 0.15) is 23.0 Å². The van der Waals surface area contributed by atoms with E-state index in [1.54, 1.807) is 0 Å². The first kappa shape index (κ1) is 26.7. The van der Waals surface area contributed by atoms with Crippen LogP contribution in [0.2, 0.25) is 0 Å². The molecule has 0 bridgehead atoms. The lowest BCUT2D eigenvalue weighted by Crippen LogP contribution is -2.18. The SMILES string of the molecule is CC.CC(C)Oc1c2c(c(O)c3ccccc13)Cc1c(c(OC(C)C)c3ccccc3c1OC(C)C)C2. The van der Waals surface area contributed by atoms with Gasteiger partial charge in [-0.25, -0.2) is 0 Å². The van der Waals surface area contributed by atoms with Crippen LogP contribution in [0.3, 0.4) is 0 Å². The van der Waals surface area contributed by atoms with E-state index in [-0.39, 0.29) is 18.3 Å². The van der Waals surface area contributed by atoms with Crippen LogP contribution in [-0.2, 0) is 12.8 Å². The van der Waals surface area contributed by atoms with E-state index in [9.17, 15) is 5.11 Å². The lowest BCUT2D eigenvalue weighted by molar-refractivity contribution is 0.234. The van der Waals surface area contributed by atoms with E-state index in [1.165, 1.54) is 0 Å². The molecular formula is C33H40O4. The normalized spacial score (nSPS) is 12.4. The van der Waals surface area contributed by atoms with Crippen LogP contribution in [0.15, 0.2) is 48.5 Å². The van der Waals surface area contributed by atoms with Gasteiger partial charge in [0, 0.05) is 56.6 Å². The third-order valence-electron chi connectivity index (χ3n) is 6.45. The fraction of sp³-hybridized carbons (Fsp3) is 0.394. The second-order valence-corrected chi connectivity index (χ2v) is 10.2. The first-order chi connectivity index (χ1) is 17.8. The topological polar surface area (TPSA) is 47.9 Å². The van der Waals surface area contributed by atoms with Crippen molar-refractivity contribution in [2.45, 2.75) is 86.5 Å². The number of hydrogen-bond acceptors (Lipinski definition) is 4. The second-order valence-electron chi connectivity index (χ2n) is 10.2. The average molecular weight is 501 g/mol. The number of hydrogen-bond donors (Lipinski definition) is 1. The van der Waals surface area contributed by atoms with Crippen LogP contribution in [0, 0.1) is 0 Å². The second kappa shape index (κ2) is 10.9. The molecule has 0 unspecified atom stereocenters. The van der Waals surface area contributed by atoms with Gasteiger partial charge >= 0.3 is 0 Å². The summed E-state index contributed by atoms with van der Waals surface area (Å²) in [5.74, 6) is 2.96. The summed E-state index contributed by atoms with van der Waals surface area (Å²) >= 11 is 0. The highest BCUT2D eigenvalue weighted by Gasteiger charge is 2.32. The maximum absolute atomic E-state index is 11.5. The smallest absolute Gasteiger partial charge is 0.131 e. The van der Waals surface area contributed by atoms with Crippen molar-refractivity contribution >= 4 is 21.5 Å². The van der Waals surface area contributed by atoms with Crippen LogP contribution in [0.1, 0.15) is 77.6 Å². The van der Waals surface area contributed by atoms with Gasteiger partial charge in [0.2, 0.25) is 0 Å². The Bertz CT molecular complexity index is 1420. The molecule has 4 aromatic rings. The highest BCUT2D eigenvalue weighted by atomic mass is 16.5. The minimum atomic E-state index is 0.0104. The van der Waals surface area contributed by atoms with Gasteiger partial charge in [-0.05, 0) is 41.5 Å². The van der Waals surface area contributed by atoms with Crippen LogP contribution < -0.4 is 14.2 Å². The quantitative estimate of drug-likeness (QED) is 0.254. The van der Waals surface area contributed by atoms with Crippen molar-refractivity contribution in [2.24, 2.45) is 0 Å². The van der Waals surface area contributed by atoms with E-state index >= 15 is 0 Å². The van der Waals surface area contributed by atoms with E-state index in [0.29, 0.717) is 18.6 Å². The van der Waals surface area contributed by atoms with Crippen LogP contribution >= 0.6 is 0 Å². The molecule has 5 rings (SSSR count). The maximum atomic E-state index is 11.5. The summed E-state index contributed by atoms with van der Waals surface area (Å²) in [7, 11) is 0. The van der Waals surface area contributed by atoms with E-state index in [1.807, 2.05) is 64.1 Å². The first-order valence-corrected chi connectivity index (χ1v) is 13.6. The number of phenols is 1. The number of aromatic hydroxyl groups is 1. The van der Waals surface area contributed by atoms with Gasteiger partial charge in [0.05, 0.1) is 18.3 Å². The molecule has 0 saturated heterocycles. The standard InChI is InChI=1S/C31H34O4.C2H6/c1-17(2)33-29-21-12-8-7-11-20(21)28(32)24-15-26-27(16-25(24)29)31(35-19(5)6)23-14-10-9-13-22(23)30(26)34-18(3)4;1-2/h7-14,17-19,32H,15-16H2,1-6H3;1-2H3. The Morgan fingerprint density at radius 1 is 0.514 bits per heavy atom. The Morgan fingerprint density at radius 3 is 1.19 bits per heavy atom. The van der Waals surface area contributed by atoms with Crippen molar-refractivity contribution in [3.8, 4) is 23.0 Å². The number of rotatable bonds is 6. The third-order valence-corrected chi connectivity index (χ3v) is 6.45. The summed E-state index contributed by atoms with van der Waals surface area (Å²) in [6.45, 7) is 16.3. The van der Waals surface area contributed by atoms with Crippen molar-refractivity contribution in [1.29, 1.82) is 0 Å². The molecule has 0 atom stereocenters. The molecule has 0 radical (unpaired) electrons. The molecule has 0 heterocycles. The molecule has 1 aliphatic rings. The third kappa shape index (κ3) is 4.94. The van der Waals surface area contributed by atoms with Crippen molar-refractivity contribution in [3.63, 3.8) is 0 Å². The van der Waals surface area contributed by atoms with E-state index in [0.717, 1.165) is 61.0 Å². The zero-order chi connectivity index (χ0) is 26.9. The van der Waals surface area contributed by atoms with Gasteiger partial charge in [0.25, 0.3) is 0 Å². The summed E-state index contributed by atoms with van der Waals surface area (Å²) in [6.07, 6.45) is 1.21. The van der Waals surface area contributed by atoms with Crippen LogP contribution in [-0.4, -0.2) is 23.4 Å². The van der Waals surface area contributed by atoms with Gasteiger partial charge in [-0.1, -0.05) is 62.4 Å². The zero-order valence-corrected chi connectivity index (χ0v) is 23.4. The Hall–Kier alpha value is -3.40.